The molecule has 126 valence electrons. The summed E-state index contributed by atoms with van der Waals surface area (Å²) in [7, 11) is -3.23. The van der Waals surface area contributed by atoms with E-state index in [9.17, 15) is 13.5 Å². The number of piperidine rings is 1. The van der Waals surface area contributed by atoms with Crippen molar-refractivity contribution in [3.8, 4) is 0 Å². The molecule has 0 saturated carbocycles. The first kappa shape index (κ1) is 16.4. The van der Waals surface area contributed by atoms with Crippen molar-refractivity contribution in [1.82, 2.24) is 9.88 Å². The Morgan fingerprint density at radius 2 is 2.09 bits per heavy atom. The lowest BCUT2D eigenvalue weighted by Crippen LogP contribution is -2.34. The molecule has 0 radical (unpaired) electrons. The Morgan fingerprint density at radius 3 is 2.74 bits per heavy atom. The van der Waals surface area contributed by atoms with E-state index < -0.39 is 9.84 Å². The summed E-state index contributed by atoms with van der Waals surface area (Å²) < 4.78 is 29.6. The summed E-state index contributed by atoms with van der Waals surface area (Å²) in [6.07, 6.45) is 1.96. The molecular formula is C16H22N2O4S. The van der Waals surface area contributed by atoms with E-state index in [0.29, 0.717) is 29.5 Å². The van der Waals surface area contributed by atoms with Gasteiger partial charge in [-0.15, -0.1) is 0 Å². The molecule has 1 aromatic heterocycles. The second kappa shape index (κ2) is 6.59. The third kappa shape index (κ3) is 3.57. The highest BCUT2D eigenvalue weighted by Crippen LogP contribution is 2.23. The second-order valence-corrected chi connectivity index (χ2v) is 8.32. The van der Waals surface area contributed by atoms with E-state index in [0.717, 1.165) is 25.9 Å². The smallest absolute Gasteiger partial charge is 0.209 e. The molecule has 1 aliphatic heterocycles. The van der Waals surface area contributed by atoms with Crippen LogP contribution in [0.1, 0.15) is 25.7 Å². The summed E-state index contributed by atoms with van der Waals surface area (Å²) >= 11 is 0. The Labute approximate surface area is 136 Å². The van der Waals surface area contributed by atoms with E-state index in [1.54, 1.807) is 25.1 Å². The van der Waals surface area contributed by atoms with Crippen LogP contribution in [-0.4, -0.2) is 48.9 Å². The molecule has 1 fully saturated rings. The minimum absolute atomic E-state index is 0.0724. The molecule has 2 heterocycles. The number of hydrogen-bond donors (Lipinski definition) is 1. The molecule has 0 spiro atoms. The van der Waals surface area contributed by atoms with Crippen molar-refractivity contribution in [3.63, 3.8) is 0 Å². The van der Waals surface area contributed by atoms with Gasteiger partial charge in [0, 0.05) is 6.61 Å². The highest BCUT2D eigenvalue weighted by atomic mass is 32.2. The average Bonchev–Trinajstić information content (AvgIpc) is 2.96. The zero-order valence-corrected chi connectivity index (χ0v) is 14.1. The van der Waals surface area contributed by atoms with Crippen LogP contribution in [0.15, 0.2) is 27.5 Å². The van der Waals surface area contributed by atoms with E-state index in [-0.39, 0.29) is 17.3 Å². The number of hydrogen-bond acceptors (Lipinski definition) is 6. The van der Waals surface area contributed by atoms with E-state index in [2.05, 4.69) is 9.88 Å². The first-order chi connectivity index (χ1) is 11.0. The molecule has 6 nitrogen and oxygen atoms in total. The molecule has 3 rings (SSSR count). The number of rotatable bonds is 5. The normalized spacial score (nSPS) is 17.8. The summed E-state index contributed by atoms with van der Waals surface area (Å²) in [5.41, 5.74) is 1.19. The monoisotopic (exact) mass is 338 g/mol. The molecule has 1 saturated heterocycles. The van der Waals surface area contributed by atoms with Crippen LogP contribution in [0.5, 0.6) is 0 Å². The zero-order chi connectivity index (χ0) is 16.4. The number of benzene rings is 1. The van der Waals surface area contributed by atoms with Crippen LogP contribution in [0, 0.1) is 5.92 Å². The molecule has 2 aromatic rings. The summed E-state index contributed by atoms with van der Waals surface area (Å²) in [6, 6.07) is 4.83. The number of aliphatic hydroxyl groups excluding tert-OH is 1. The van der Waals surface area contributed by atoms with E-state index in [1.807, 2.05) is 0 Å². The van der Waals surface area contributed by atoms with Gasteiger partial charge in [0.05, 0.1) is 17.2 Å². The summed E-state index contributed by atoms with van der Waals surface area (Å²) in [5, 5.41) is 9.18. The zero-order valence-electron chi connectivity index (χ0n) is 13.2. The molecule has 0 bridgehead atoms. The highest BCUT2D eigenvalue weighted by molar-refractivity contribution is 7.91. The molecule has 7 heteroatoms. The van der Waals surface area contributed by atoms with Gasteiger partial charge in [0.1, 0.15) is 5.52 Å². The van der Waals surface area contributed by atoms with Gasteiger partial charge in [-0.05, 0) is 50.0 Å². The van der Waals surface area contributed by atoms with Crippen LogP contribution in [0.4, 0.5) is 0 Å². The summed E-state index contributed by atoms with van der Waals surface area (Å²) in [4.78, 5) is 6.97. The lowest BCUT2D eigenvalue weighted by molar-refractivity contribution is 0.121. The number of nitrogens with zero attached hydrogens (tertiary/aromatic N) is 2. The quantitative estimate of drug-likeness (QED) is 0.895. The number of aliphatic hydroxyl groups is 1. The van der Waals surface area contributed by atoms with Crippen molar-refractivity contribution < 1.29 is 17.9 Å². The molecule has 1 N–H and O–H groups in total. The number of likely N-dealkylation sites (tertiary alicyclic amines) is 1. The predicted molar refractivity (Wildman–Crippen MR) is 86.8 cm³/mol. The molecule has 1 aromatic carbocycles. The summed E-state index contributed by atoms with van der Waals surface area (Å²) in [6.45, 7) is 4.33. The van der Waals surface area contributed by atoms with Crippen molar-refractivity contribution in [2.45, 2.75) is 31.2 Å². The van der Waals surface area contributed by atoms with Gasteiger partial charge in [0.25, 0.3) is 0 Å². The molecule has 1 aliphatic rings. The van der Waals surface area contributed by atoms with E-state index in [4.69, 9.17) is 4.42 Å². The van der Waals surface area contributed by atoms with Crippen LogP contribution in [0.3, 0.4) is 0 Å². The first-order valence-electron chi connectivity index (χ1n) is 7.97. The fraction of sp³-hybridized carbons (Fsp3) is 0.562. The predicted octanol–water partition coefficient (Wildman–Crippen LogP) is 1.83. The molecule has 0 atom stereocenters. The molecule has 0 unspecified atom stereocenters. The van der Waals surface area contributed by atoms with Gasteiger partial charge >= 0.3 is 0 Å². The first-order valence-corrected chi connectivity index (χ1v) is 9.62. The van der Waals surface area contributed by atoms with Crippen molar-refractivity contribution in [2.24, 2.45) is 5.92 Å². The number of oxazole rings is 1. The van der Waals surface area contributed by atoms with Crippen LogP contribution < -0.4 is 0 Å². The lowest BCUT2D eigenvalue weighted by Gasteiger charge is -2.29. The third-order valence-corrected chi connectivity index (χ3v) is 6.20. The highest BCUT2D eigenvalue weighted by Gasteiger charge is 2.20. The Morgan fingerprint density at radius 1 is 1.35 bits per heavy atom. The minimum Gasteiger partial charge on any atom is -0.439 e. The standard InChI is InChI=1S/C16H22N2O4S/c1-2-23(20,21)13-3-4-15-14(9-13)17-16(22-15)10-18-7-5-12(11-19)6-8-18/h3-4,9,12,19H,2,5-8,10-11H2,1H3. The van der Waals surface area contributed by atoms with Gasteiger partial charge < -0.3 is 9.52 Å². The van der Waals surface area contributed by atoms with Crippen molar-refractivity contribution in [1.29, 1.82) is 0 Å². The second-order valence-electron chi connectivity index (χ2n) is 6.04. The van der Waals surface area contributed by atoms with Gasteiger partial charge in [0.15, 0.2) is 15.4 Å². The lowest BCUT2D eigenvalue weighted by atomic mass is 9.98. The van der Waals surface area contributed by atoms with E-state index >= 15 is 0 Å². The Balaban J connectivity index is 1.76. The van der Waals surface area contributed by atoms with Crippen LogP contribution in [0.2, 0.25) is 0 Å². The van der Waals surface area contributed by atoms with Crippen LogP contribution in [0.25, 0.3) is 11.1 Å². The summed E-state index contributed by atoms with van der Waals surface area (Å²) in [5.74, 6) is 1.08. The van der Waals surface area contributed by atoms with Crippen LogP contribution >= 0.6 is 0 Å². The average molecular weight is 338 g/mol. The SMILES string of the molecule is CCS(=O)(=O)c1ccc2oc(CN3CCC(CO)CC3)nc2c1. The number of fused-ring (bicyclic) bond motifs is 1. The fourth-order valence-corrected chi connectivity index (χ4v) is 3.80. The van der Waals surface area contributed by atoms with E-state index in [1.165, 1.54) is 0 Å². The van der Waals surface area contributed by atoms with Crippen LogP contribution in [-0.2, 0) is 16.4 Å². The van der Waals surface area contributed by atoms with Gasteiger partial charge in [-0.3, -0.25) is 4.90 Å². The number of aromatic nitrogens is 1. The largest absolute Gasteiger partial charge is 0.439 e. The van der Waals surface area contributed by atoms with Crippen molar-refractivity contribution in [2.75, 3.05) is 25.4 Å². The third-order valence-electron chi connectivity index (χ3n) is 4.47. The maximum absolute atomic E-state index is 11.9. The molecular weight excluding hydrogens is 316 g/mol. The maximum Gasteiger partial charge on any atom is 0.209 e. The van der Waals surface area contributed by atoms with Gasteiger partial charge in [-0.2, -0.15) is 0 Å². The topological polar surface area (TPSA) is 83.6 Å². The fourth-order valence-electron chi connectivity index (χ4n) is 2.90. The van der Waals surface area contributed by atoms with Gasteiger partial charge in [-0.1, -0.05) is 6.92 Å². The van der Waals surface area contributed by atoms with Crippen molar-refractivity contribution in [3.05, 3.63) is 24.1 Å². The molecule has 0 aliphatic carbocycles. The Bertz CT molecular complexity index is 776. The van der Waals surface area contributed by atoms with Gasteiger partial charge in [-0.25, -0.2) is 13.4 Å². The minimum atomic E-state index is -3.23. The van der Waals surface area contributed by atoms with Crippen molar-refractivity contribution >= 4 is 20.9 Å². The Kier molecular flexibility index (Phi) is 4.70. The van der Waals surface area contributed by atoms with Gasteiger partial charge in [0.2, 0.25) is 5.89 Å². The maximum atomic E-state index is 11.9. The molecule has 23 heavy (non-hydrogen) atoms. The molecule has 0 amide bonds. The Hall–Kier alpha value is -1.44. The number of sulfone groups is 1.